The van der Waals surface area contributed by atoms with Crippen LogP contribution in [-0.2, 0) is 0 Å². The first-order valence-corrected chi connectivity index (χ1v) is 4.63. The van der Waals surface area contributed by atoms with Crippen LogP contribution < -0.4 is 0 Å². The number of hydrogen-bond donors (Lipinski definition) is 0. The number of rotatable bonds is 2. The summed E-state index contributed by atoms with van der Waals surface area (Å²) in [7, 11) is 0. The third-order valence-corrected chi connectivity index (χ3v) is 2.11. The van der Waals surface area contributed by atoms with Gasteiger partial charge in [-0.1, -0.05) is 45.8 Å². The van der Waals surface area contributed by atoms with E-state index in [0.717, 1.165) is 11.1 Å². The maximum atomic E-state index is 13.0. The molecule has 0 bridgehead atoms. The molecule has 60 valence electrons. The molecule has 1 rings (SSSR count). The zero-order chi connectivity index (χ0) is 8.27. The lowest BCUT2D eigenvalue weighted by Crippen LogP contribution is -1.92. The van der Waals surface area contributed by atoms with E-state index in [0.29, 0.717) is 5.33 Å². The summed E-state index contributed by atoms with van der Waals surface area (Å²) in [6, 6.07) is 7.51. The van der Waals surface area contributed by atoms with Gasteiger partial charge in [-0.25, -0.2) is 4.39 Å². The minimum Gasteiger partial charge on any atom is -0.241 e. The quantitative estimate of drug-likeness (QED) is 0.666. The SMILES string of the molecule is Cc1cccc([C@@H](F)CBr)c1. The van der Waals surface area contributed by atoms with E-state index in [4.69, 9.17) is 0 Å². The smallest absolute Gasteiger partial charge is 0.135 e. The zero-order valence-corrected chi connectivity index (χ0v) is 7.94. The van der Waals surface area contributed by atoms with E-state index in [2.05, 4.69) is 15.9 Å². The molecule has 0 radical (unpaired) electrons. The zero-order valence-electron chi connectivity index (χ0n) is 6.35. The monoisotopic (exact) mass is 216 g/mol. The highest BCUT2D eigenvalue weighted by Gasteiger charge is 2.06. The van der Waals surface area contributed by atoms with Gasteiger partial charge in [0, 0.05) is 5.33 Å². The molecule has 0 saturated carbocycles. The molecule has 0 saturated heterocycles. The van der Waals surface area contributed by atoms with Crippen molar-refractivity contribution < 1.29 is 4.39 Å². The first-order valence-electron chi connectivity index (χ1n) is 3.50. The van der Waals surface area contributed by atoms with E-state index < -0.39 is 6.17 Å². The molecule has 0 aliphatic carbocycles. The minimum absolute atomic E-state index is 0.371. The molecule has 1 aromatic rings. The van der Waals surface area contributed by atoms with Crippen LogP contribution in [0, 0.1) is 6.92 Å². The Labute approximate surface area is 74.6 Å². The van der Waals surface area contributed by atoms with Crippen molar-refractivity contribution in [1.29, 1.82) is 0 Å². The largest absolute Gasteiger partial charge is 0.241 e. The van der Waals surface area contributed by atoms with Crippen molar-refractivity contribution in [2.75, 3.05) is 5.33 Å². The van der Waals surface area contributed by atoms with Gasteiger partial charge in [0.25, 0.3) is 0 Å². The third-order valence-electron chi connectivity index (χ3n) is 1.54. The molecule has 0 heterocycles. The van der Waals surface area contributed by atoms with Gasteiger partial charge in [-0.3, -0.25) is 0 Å². The summed E-state index contributed by atoms with van der Waals surface area (Å²) >= 11 is 3.10. The molecule has 11 heavy (non-hydrogen) atoms. The Kier molecular flexibility index (Phi) is 3.06. The highest BCUT2D eigenvalue weighted by molar-refractivity contribution is 9.09. The topological polar surface area (TPSA) is 0 Å². The van der Waals surface area contributed by atoms with Crippen molar-refractivity contribution >= 4 is 15.9 Å². The van der Waals surface area contributed by atoms with Gasteiger partial charge in [0.05, 0.1) is 0 Å². The first kappa shape index (κ1) is 8.72. The highest BCUT2D eigenvalue weighted by atomic mass is 79.9. The summed E-state index contributed by atoms with van der Waals surface area (Å²) in [6.07, 6.45) is -0.880. The van der Waals surface area contributed by atoms with Gasteiger partial charge in [-0.2, -0.15) is 0 Å². The lowest BCUT2D eigenvalue weighted by atomic mass is 10.1. The predicted molar refractivity (Wildman–Crippen MR) is 48.8 cm³/mol. The summed E-state index contributed by atoms with van der Waals surface area (Å²) < 4.78 is 13.0. The average molecular weight is 217 g/mol. The third kappa shape index (κ3) is 2.29. The molecular formula is C9H10BrF. The van der Waals surface area contributed by atoms with E-state index >= 15 is 0 Å². The molecule has 0 aliphatic heterocycles. The Morgan fingerprint density at radius 2 is 2.27 bits per heavy atom. The van der Waals surface area contributed by atoms with Gasteiger partial charge in [0.15, 0.2) is 0 Å². The highest BCUT2D eigenvalue weighted by Crippen LogP contribution is 2.19. The van der Waals surface area contributed by atoms with Gasteiger partial charge >= 0.3 is 0 Å². The Bertz CT molecular complexity index is 235. The first-order chi connectivity index (χ1) is 5.24. The maximum Gasteiger partial charge on any atom is 0.135 e. The predicted octanol–water partition coefficient (Wildman–Crippen LogP) is 3.40. The number of halogens is 2. The summed E-state index contributed by atoms with van der Waals surface area (Å²) in [4.78, 5) is 0. The second-order valence-corrected chi connectivity index (χ2v) is 3.18. The Morgan fingerprint density at radius 1 is 1.55 bits per heavy atom. The van der Waals surface area contributed by atoms with Crippen LogP contribution in [0.1, 0.15) is 17.3 Å². The lowest BCUT2D eigenvalue weighted by Gasteiger charge is -2.04. The molecule has 0 unspecified atom stereocenters. The van der Waals surface area contributed by atoms with Crippen LogP contribution in [0.3, 0.4) is 0 Å². The molecular weight excluding hydrogens is 207 g/mol. The van der Waals surface area contributed by atoms with Crippen LogP contribution in [0.15, 0.2) is 24.3 Å². The standard InChI is InChI=1S/C9H10BrF/c1-7-3-2-4-8(5-7)9(11)6-10/h2-5,9H,6H2,1H3/t9-/m0/s1. The Hall–Kier alpha value is -0.370. The van der Waals surface area contributed by atoms with Crippen LogP contribution in [0.5, 0.6) is 0 Å². The van der Waals surface area contributed by atoms with Crippen molar-refractivity contribution in [1.82, 2.24) is 0 Å². The van der Waals surface area contributed by atoms with Crippen LogP contribution in [0.2, 0.25) is 0 Å². The lowest BCUT2D eigenvalue weighted by molar-refractivity contribution is 0.382. The summed E-state index contributed by atoms with van der Waals surface area (Å²) in [5.74, 6) is 0. The molecule has 0 nitrogen and oxygen atoms in total. The van der Waals surface area contributed by atoms with Crippen molar-refractivity contribution in [3.05, 3.63) is 35.4 Å². The minimum atomic E-state index is -0.880. The van der Waals surface area contributed by atoms with Crippen molar-refractivity contribution in [2.45, 2.75) is 13.1 Å². The van der Waals surface area contributed by atoms with Crippen molar-refractivity contribution in [3.63, 3.8) is 0 Å². The maximum absolute atomic E-state index is 13.0. The van der Waals surface area contributed by atoms with Gasteiger partial charge < -0.3 is 0 Å². The molecule has 0 N–H and O–H groups in total. The fourth-order valence-electron chi connectivity index (χ4n) is 0.954. The molecule has 0 fully saturated rings. The number of benzene rings is 1. The van der Waals surface area contributed by atoms with Crippen LogP contribution in [0.25, 0.3) is 0 Å². The second-order valence-electron chi connectivity index (χ2n) is 2.54. The Morgan fingerprint density at radius 3 is 2.82 bits per heavy atom. The Balaban J connectivity index is 2.86. The van der Waals surface area contributed by atoms with E-state index in [1.807, 2.05) is 25.1 Å². The normalized spacial score (nSPS) is 13.0. The number of aryl methyl sites for hydroxylation is 1. The van der Waals surface area contributed by atoms with Gasteiger partial charge in [0.1, 0.15) is 6.17 Å². The van der Waals surface area contributed by atoms with Crippen LogP contribution in [-0.4, -0.2) is 5.33 Å². The number of alkyl halides is 2. The molecule has 2 heteroatoms. The molecule has 0 aliphatic rings. The van der Waals surface area contributed by atoms with E-state index in [1.165, 1.54) is 0 Å². The van der Waals surface area contributed by atoms with Gasteiger partial charge in [0.2, 0.25) is 0 Å². The van der Waals surface area contributed by atoms with E-state index in [-0.39, 0.29) is 0 Å². The fourth-order valence-corrected chi connectivity index (χ4v) is 1.33. The molecule has 0 aromatic heterocycles. The van der Waals surface area contributed by atoms with Crippen LogP contribution in [0.4, 0.5) is 4.39 Å². The molecule has 0 amide bonds. The van der Waals surface area contributed by atoms with E-state index in [1.54, 1.807) is 6.07 Å². The second kappa shape index (κ2) is 3.86. The summed E-state index contributed by atoms with van der Waals surface area (Å²) in [5, 5.41) is 0.371. The van der Waals surface area contributed by atoms with Crippen molar-refractivity contribution in [3.8, 4) is 0 Å². The van der Waals surface area contributed by atoms with Crippen molar-refractivity contribution in [2.24, 2.45) is 0 Å². The van der Waals surface area contributed by atoms with Gasteiger partial charge in [-0.05, 0) is 12.5 Å². The number of hydrogen-bond acceptors (Lipinski definition) is 0. The molecule has 1 aromatic carbocycles. The van der Waals surface area contributed by atoms with Crippen LogP contribution >= 0.6 is 15.9 Å². The average Bonchev–Trinajstić information content (AvgIpc) is 2.03. The van der Waals surface area contributed by atoms with Gasteiger partial charge in [-0.15, -0.1) is 0 Å². The molecule has 1 atom stereocenters. The summed E-state index contributed by atoms with van der Waals surface area (Å²) in [5.41, 5.74) is 1.85. The fraction of sp³-hybridized carbons (Fsp3) is 0.333. The molecule has 0 spiro atoms. The van der Waals surface area contributed by atoms with E-state index in [9.17, 15) is 4.39 Å². The summed E-state index contributed by atoms with van der Waals surface area (Å²) in [6.45, 7) is 1.96.